The van der Waals surface area contributed by atoms with Crippen LogP contribution in [0.2, 0.25) is 0 Å². The molecule has 0 saturated carbocycles. The molecule has 0 unspecified atom stereocenters. The molecule has 1 aromatic rings. The largest absolute Gasteiger partial charge is 0.377 e. The number of carbonyl (C=O) groups excluding carboxylic acids is 1. The van der Waals surface area contributed by atoms with Crippen molar-refractivity contribution in [2.45, 2.75) is 25.0 Å². The van der Waals surface area contributed by atoms with E-state index in [4.69, 9.17) is 0 Å². The van der Waals surface area contributed by atoms with Gasteiger partial charge < -0.3 is 15.3 Å². The molecule has 0 bridgehead atoms. The summed E-state index contributed by atoms with van der Waals surface area (Å²) in [6.45, 7) is 1.99. The van der Waals surface area contributed by atoms with Gasteiger partial charge >= 0.3 is 0 Å². The number of amides is 1. The number of aromatic nitrogens is 2. The number of nitrogens with zero attached hydrogens (tertiary/aromatic N) is 3. The lowest BCUT2D eigenvalue weighted by Gasteiger charge is -2.39. The van der Waals surface area contributed by atoms with E-state index in [0.29, 0.717) is 26.2 Å². The zero-order valence-electron chi connectivity index (χ0n) is 10.5. The van der Waals surface area contributed by atoms with Gasteiger partial charge in [-0.25, -0.2) is 0 Å². The summed E-state index contributed by atoms with van der Waals surface area (Å²) in [6.07, 6.45) is 3.68. The molecule has 1 fully saturated rings. The number of rotatable bonds is 1. The summed E-state index contributed by atoms with van der Waals surface area (Å²) >= 11 is 0. The highest BCUT2D eigenvalue weighted by Crippen LogP contribution is 2.22. The van der Waals surface area contributed by atoms with Crippen molar-refractivity contribution in [2.24, 2.45) is 7.05 Å². The predicted octanol–water partition coefficient (Wildman–Crippen LogP) is -0.971. The highest BCUT2D eigenvalue weighted by molar-refractivity contribution is 5.86. The maximum Gasteiger partial charge on any atom is 0.257 e. The summed E-state index contributed by atoms with van der Waals surface area (Å²) < 4.78 is 1.88. The number of aliphatic hydroxyl groups is 1. The molecule has 2 aliphatic heterocycles. The topological polar surface area (TPSA) is 70.4 Å². The zero-order valence-corrected chi connectivity index (χ0v) is 10.5. The Hall–Kier alpha value is -1.40. The summed E-state index contributed by atoms with van der Waals surface area (Å²) in [7, 11) is 1.93. The Morgan fingerprint density at radius 3 is 3.00 bits per heavy atom. The molecular weight excluding hydrogens is 232 g/mol. The molecule has 2 N–H and O–H groups in total. The molecule has 1 aromatic heterocycles. The van der Waals surface area contributed by atoms with E-state index in [0.717, 1.165) is 18.4 Å². The maximum absolute atomic E-state index is 12.3. The van der Waals surface area contributed by atoms with E-state index < -0.39 is 5.60 Å². The lowest BCUT2D eigenvalue weighted by atomic mass is 9.95. The van der Waals surface area contributed by atoms with E-state index in [1.165, 1.54) is 5.69 Å². The first-order valence-corrected chi connectivity index (χ1v) is 6.32. The average molecular weight is 250 g/mol. The standard InChI is InChI=1S/C12H18N4O2/c1-15-10-3-2-4-16(6-9(10)5-14-15)11(17)12(18)7-13-8-12/h5,13,18H,2-4,6-8H2,1H3. The first kappa shape index (κ1) is 11.7. The fraction of sp³-hybridized carbons (Fsp3) is 0.667. The van der Waals surface area contributed by atoms with Crippen molar-refractivity contribution in [1.82, 2.24) is 20.0 Å². The first-order valence-electron chi connectivity index (χ1n) is 6.32. The highest BCUT2D eigenvalue weighted by atomic mass is 16.3. The van der Waals surface area contributed by atoms with E-state index in [9.17, 15) is 9.90 Å². The Kier molecular flexibility index (Phi) is 2.64. The molecule has 0 aromatic carbocycles. The van der Waals surface area contributed by atoms with Gasteiger partial charge in [-0.1, -0.05) is 0 Å². The molecule has 2 aliphatic rings. The van der Waals surface area contributed by atoms with Crippen molar-refractivity contribution in [1.29, 1.82) is 0 Å². The zero-order chi connectivity index (χ0) is 12.8. The third kappa shape index (κ3) is 1.72. The lowest BCUT2D eigenvalue weighted by molar-refractivity contribution is -0.157. The number of hydrogen-bond donors (Lipinski definition) is 2. The van der Waals surface area contributed by atoms with E-state index in [2.05, 4.69) is 10.4 Å². The predicted molar refractivity (Wildman–Crippen MR) is 64.8 cm³/mol. The summed E-state index contributed by atoms with van der Waals surface area (Å²) in [4.78, 5) is 14.0. The molecule has 0 atom stereocenters. The molecule has 1 saturated heterocycles. The minimum atomic E-state index is -1.19. The second-order valence-electron chi connectivity index (χ2n) is 5.21. The number of fused-ring (bicyclic) bond motifs is 1. The quantitative estimate of drug-likeness (QED) is 0.673. The van der Waals surface area contributed by atoms with Gasteiger partial charge in [0.25, 0.3) is 5.91 Å². The normalized spacial score (nSPS) is 22.0. The molecule has 0 aliphatic carbocycles. The van der Waals surface area contributed by atoms with Crippen molar-refractivity contribution < 1.29 is 9.90 Å². The third-order valence-electron chi connectivity index (χ3n) is 3.87. The van der Waals surface area contributed by atoms with Crippen LogP contribution >= 0.6 is 0 Å². The van der Waals surface area contributed by atoms with E-state index in [-0.39, 0.29) is 5.91 Å². The minimum Gasteiger partial charge on any atom is -0.377 e. The highest BCUT2D eigenvalue weighted by Gasteiger charge is 2.44. The van der Waals surface area contributed by atoms with Crippen molar-refractivity contribution in [3.05, 3.63) is 17.5 Å². The number of β-amino-alcohol motifs (C(OH)–C–C–N with tert-alkyl or cyclic N) is 1. The van der Waals surface area contributed by atoms with E-state index in [1.54, 1.807) is 4.90 Å². The molecule has 0 radical (unpaired) electrons. The van der Waals surface area contributed by atoms with Crippen LogP contribution in [-0.4, -0.2) is 50.9 Å². The van der Waals surface area contributed by atoms with Gasteiger partial charge in [0.2, 0.25) is 0 Å². The van der Waals surface area contributed by atoms with Gasteiger partial charge in [-0.2, -0.15) is 5.10 Å². The Balaban J connectivity index is 1.81. The van der Waals surface area contributed by atoms with Gasteiger partial charge in [-0.05, 0) is 12.8 Å². The van der Waals surface area contributed by atoms with Crippen LogP contribution in [0, 0.1) is 0 Å². The Labute approximate surface area is 106 Å². The van der Waals surface area contributed by atoms with Gasteiger partial charge in [0.15, 0.2) is 5.60 Å². The first-order chi connectivity index (χ1) is 8.60. The summed E-state index contributed by atoms with van der Waals surface area (Å²) in [6, 6.07) is 0. The number of nitrogens with one attached hydrogen (secondary N) is 1. The van der Waals surface area contributed by atoms with Gasteiger partial charge in [0.1, 0.15) is 0 Å². The van der Waals surface area contributed by atoms with Crippen LogP contribution in [0.5, 0.6) is 0 Å². The second kappa shape index (κ2) is 4.07. The Bertz CT molecular complexity index is 478. The monoisotopic (exact) mass is 250 g/mol. The van der Waals surface area contributed by atoms with E-state index >= 15 is 0 Å². The summed E-state index contributed by atoms with van der Waals surface area (Å²) in [5.41, 5.74) is 1.11. The van der Waals surface area contributed by atoms with Crippen LogP contribution in [-0.2, 0) is 24.8 Å². The van der Waals surface area contributed by atoms with Crippen LogP contribution in [0.15, 0.2) is 6.20 Å². The summed E-state index contributed by atoms with van der Waals surface area (Å²) in [5.74, 6) is -0.155. The Morgan fingerprint density at radius 2 is 2.33 bits per heavy atom. The van der Waals surface area contributed by atoms with Crippen LogP contribution in [0.4, 0.5) is 0 Å². The maximum atomic E-state index is 12.3. The van der Waals surface area contributed by atoms with Crippen LogP contribution in [0.3, 0.4) is 0 Å². The van der Waals surface area contributed by atoms with Crippen molar-refractivity contribution in [3.63, 3.8) is 0 Å². The SMILES string of the molecule is Cn1ncc2c1CCCN(C(=O)C1(O)CNC1)C2. The average Bonchev–Trinajstić information content (AvgIpc) is 2.55. The molecule has 98 valence electrons. The molecular formula is C12H18N4O2. The van der Waals surface area contributed by atoms with Crippen LogP contribution in [0.1, 0.15) is 17.7 Å². The van der Waals surface area contributed by atoms with Crippen molar-refractivity contribution in [3.8, 4) is 0 Å². The van der Waals surface area contributed by atoms with Crippen LogP contribution < -0.4 is 5.32 Å². The smallest absolute Gasteiger partial charge is 0.257 e. The third-order valence-corrected chi connectivity index (χ3v) is 3.87. The molecule has 0 spiro atoms. The molecule has 1 amide bonds. The van der Waals surface area contributed by atoms with Gasteiger partial charge in [-0.3, -0.25) is 9.48 Å². The molecule has 6 nitrogen and oxygen atoms in total. The number of aryl methyl sites for hydroxylation is 1. The summed E-state index contributed by atoms with van der Waals surface area (Å²) in [5, 5.41) is 17.3. The van der Waals surface area contributed by atoms with Gasteiger partial charge in [0, 0.05) is 44.5 Å². The minimum absolute atomic E-state index is 0.155. The van der Waals surface area contributed by atoms with Gasteiger partial charge in [-0.15, -0.1) is 0 Å². The fourth-order valence-electron chi connectivity index (χ4n) is 2.67. The van der Waals surface area contributed by atoms with E-state index in [1.807, 2.05) is 17.9 Å². The molecule has 18 heavy (non-hydrogen) atoms. The molecule has 6 heteroatoms. The molecule has 3 rings (SSSR count). The van der Waals surface area contributed by atoms with Crippen LogP contribution in [0.25, 0.3) is 0 Å². The fourth-order valence-corrected chi connectivity index (χ4v) is 2.67. The molecule has 3 heterocycles. The number of carbonyl (C=O) groups is 1. The Morgan fingerprint density at radius 1 is 1.56 bits per heavy atom. The lowest BCUT2D eigenvalue weighted by Crippen LogP contribution is -2.67. The van der Waals surface area contributed by atoms with Crippen molar-refractivity contribution >= 4 is 5.91 Å². The number of hydrogen-bond acceptors (Lipinski definition) is 4. The van der Waals surface area contributed by atoms with Gasteiger partial charge in [0.05, 0.1) is 6.20 Å². The second-order valence-corrected chi connectivity index (χ2v) is 5.21. The van der Waals surface area contributed by atoms with Crippen molar-refractivity contribution in [2.75, 3.05) is 19.6 Å².